The Morgan fingerprint density at radius 3 is 2.64 bits per heavy atom. The second-order valence-electron chi connectivity index (χ2n) is 6.46. The molecule has 1 unspecified atom stereocenters. The Kier molecular flexibility index (Phi) is 6.49. The lowest BCUT2D eigenvalue weighted by molar-refractivity contribution is 0.103. The molecule has 0 spiro atoms. The first-order valence-corrected chi connectivity index (χ1v) is 10.0. The van der Waals surface area contributed by atoms with Crippen LogP contribution in [0.3, 0.4) is 0 Å². The number of ether oxygens (including phenoxy) is 2. The van der Waals surface area contributed by atoms with Crippen molar-refractivity contribution in [1.29, 1.82) is 0 Å². The zero-order chi connectivity index (χ0) is 20.1. The Balaban J connectivity index is 0.000000178. The van der Waals surface area contributed by atoms with Gasteiger partial charge in [0.2, 0.25) is 0 Å². The molecule has 2 aliphatic rings. The molecule has 0 saturated carbocycles. The van der Waals surface area contributed by atoms with Gasteiger partial charge < -0.3 is 14.6 Å². The predicted molar refractivity (Wildman–Crippen MR) is 112 cm³/mol. The fourth-order valence-corrected chi connectivity index (χ4v) is 4.04. The second-order valence-corrected chi connectivity index (χ2v) is 7.41. The molecule has 28 heavy (non-hydrogen) atoms. The third-order valence-corrected chi connectivity index (χ3v) is 5.71. The van der Waals surface area contributed by atoms with Crippen LogP contribution >= 0.6 is 11.3 Å². The standard InChI is InChI=1S/C15H12OS.C8H12O3/c1-2-10-8-12-9-11(14-4-3-7-17-14)5-6-13(12)15(10)16;1-10-7-5-3-4-6(9)8(7)11-2/h2-7,9H,8H2,1H3;3,5-6,9H,4H2,1-2H3/b10-2+;. The maximum atomic E-state index is 12.0. The Morgan fingerprint density at radius 1 is 1.21 bits per heavy atom. The summed E-state index contributed by atoms with van der Waals surface area (Å²) in [5.41, 5.74) is 4.17. The highest BCUT2D eigenvalue weighted by atomic mass is 32.1. The molecule has 2 aromatic rings. The molecule has 4 nitrogen and oxygen atoms in total. The van der Waals surface area contributed by atoms with Gasteiger partial charge in [-0.05, 0) is 48.1 Å². The lowest BCUT2D eigenvalue weighted by Gasteiger charge is -2.18. The van der Waals surface area contributed by atoms with E-state index < -0.39 is 6.10 Å². The van der Waals surface area contributed by atoms with Gasteiger partial charge in [-0.1, -0.05) is 30.4 Å². The molecule has 5 heteroatoms. The summed E-state index contributed by atoms with van der Waals surface area (Å²) in [5, 5.41) is 11.4. The van der Waals surface area contributed by atoms with Crippen molar-refractivity contribution >= 4 is 17.1 Å². The molecule has 1 heterocycles. The molecule has 0 bridgehead atoms. The molecule has 1 aromatic carbocycles. The number of hydrogen-bond acceptors (Lipinski definition) is 5. The van der Waals surface area contributed by atoms with Gasteiger partial charge in [0.05, 0.1) is 14.2 Å². The van der Waals surface area contributed by atoms with Crippen LogP contribution < -0.4 is 0 Å². The Labute approximate surface area is 169 Å². The molecule has 0 aliphatic heterocycles. The van der Waals surface area contributed by atoms with Crippen LogP contribution in [0.4, 0.5) is 0 Å². The van der Waals surface area contributed by atoms with E-state index in [1.807, 2.05) is 31.2 Å². The summed E-state index contributed by atoms with van der Waals surface area (Å²) in [5.74, 6) is 1.31. The van der Waals surface area contributed by atoms with Crippen LogP contribution in [0, 0.1) is 0 Å². The molecule has 146 valence electrons. The number of ketones is 1. The number of Topliss-reactive ketones (excluding diaryl/α,β-unsaturated/α-hetero) is 1. The number of methoxy groups -OCH3 is 2. The first-order chi connectivity index (χ1) is 13.6. The molecule has 0 fully saturated rings. The average molecular weight is 397 g/mol. The first kappa shape index (κ1) is 20.1. The summed E-state index contributed by atoms with van der Waals surface area (Å²) in [7, 11) is 3.08. The SMILES string of the molecule is C/C=C1\Cc2cc(-c3cccs3)ccc2C1=O.COC1=C(OC)C(O)CC=C1. The highest BCUT2D eigenvalue weighted by molar-refractivity contribution is 7.13. The van der Waals surface area contributed by atoms with Gasteiger partial charge in [0, 0.05) is 22.4 Å². The number of hydrogen-bond donors (Lipinski definition) is 1. The monoisotopic (exact) mass is 396 g/mol. The van der Waals surface area contributed by atoms with Crippen molar-refractivity contribution in [1.82, 2.24) is 0 Å². The lowest BCUT2D eigenvalue weighted by Crippen LogP contribution is -2.16. The van der Waals surface area contributed by atoms with E-state index in [4.69, 9.17) is 9.47 Å². The van der Waals surface area contributed by atoms with Crippen LogP contribution in [-0.4, -0.2) is 31.2 Å². The molecule has 2 aliphatic carbocycles. The van der Waals surface area contributed by atoms with Gasteiger partial charge >= 0.3 is 0 Å². The number of aliphatic hydroxyl groups excluding tert-OH is 1. The van der Waals surface area contributed by atoms with Crippen molar-refractivity contribution in [3.05, 3.63) is 82.2 Å². The maximum Gasteiger partial charge on any atom is 0.189 e. The van der Waals surface area contributed by atoms with E-state index in [0.29, 0.717) is 17.9 Å². The van der Waals surface area contributed by atoms with Crippen molar-refractivity contribution in [3.63, 3.8) is 0 Å². The number of aliphatic hydroxyl groups is 1. The normalized spacial score (nSPS) is 19.4. The van der Waals surface area contributed by atoms with E-state index in [0.717, 1.165) is 23.1 Å². The van der Waals surface area contributed by atoms with Gasteiger partial charge in [-0.2, -0.15) is 0 Å². The molecule has 0 amide bonds. The van der Waals surface area contributed by atoms with Crippen molar-refractivity contribution in [2.24, 2.45) is 0 Å². The number of benzene rings is 1. The van der Waals surface area contributed by atoms with Gasteiger partial charge in [0.15, 0.2) is 17.3 Å². The van der Waals surface area contributed by atoms with Crippen LogP contribution in [0.2, 0.25) is 0 Å². The summed E-state index contributed by atoms with van der Waals surface area (Å²) in [4.78, 5) is 13.2. The van der Waals surface area contributed by atoms with E-state index in [2.05, 4.69) is 23.6 Å². The molecule has 4 rings (SSSR count). The van der Waals surface area contributed by atoms with Crippen LogP contribution in [0.25, 0.3) is 10.4 Å². The number of thiophene rings is 1. The molecule has 0 radical (unpaired) electrons. The zero-order valence-electron chi connectivity index (χ0n) is 16.3. The maximum absolute atomic E-state index is 12.0. The van der Waals surface area contributed by atoms with Gasteiger partial charge in [0.1, 0.15) is 6.10 Å². The smallest absolute Gasteiger partial charge is 0.189 e. The largest absolute Gasteiger partial charge is 0.494 e. The van der Waals surface area contributed by atoms with Gasteiger partial charge in [-0.15, -0.1) is 11.3 Å². The van der Waals surface area contributed by atoms with Crippen LogP contribution in [-0.2, 0) is 15.9 Å². The summed E-state index contributed by atoms with van der Waals surface area (Å²) >= 11 is 1.73. The number of carbonyl (C=O) groups excluding carboxylic acids is 1. The van der Waals surface area contributed by atoms with E-state index in [1.54, 1.807) is 24.5 Å². The van der Waals surface area contributed by atoms with Gasteiger partial charge in [0.25, 0.3) is 0 Å². The fourth-order valence-electron chi connectivity index (χ4n) is 3.31. The zero-order valence-corrected chi connectivity index (χ0v) is 17.1. The van der Waals surface area contributed by atoms with Crippen molar-refractivity contribution in [2.45, 2.75) is 25.9 Å². The highest BCUT2D eigenvalue weighted by Gasteiger charge is 2.24. The van der Waals surface area contributed by atoms with Crippen molar-refractivity contribution in [2.75, 3.05) is 14.2 Å². The van der Waals surface area contributed by atoms with Crippen molar-refractivity contribution < 1.29 is 19.4 Å². The number of rotatable bonds is 3. The Morgan fingerprint density at radius 2 is 2.04 bits per heavy atom. The topological polar surface area (TPSA) is 55.8 Å². The highest BCUT2D eigenvalue weighted by Crippen LogP contribution is 2.32. The summed E-state index contributed by atoms with van der Waals surface area (Å²) in [6.45, 7) is 1.93. The molecule has 1 aromatic heterocycles. The fraction of sp³-hybridized carbons (Fsp3) is 0.261. The minimum atomic E-state index is -0.556. The van der Waals surface area contributed by atoms with Crippen LogP contribution in [0.15, 0.2) is 71.0 Å². The predicted octanol–water partition coefficient (Wildman–Crippen LogP) is 4.91. The molecular weight excluding hydrogens is 372 g/mol. The van der Waals surface area contributed by atoms with E-state index in [-0.39, 0.29) is 5.78 Å². The second kappa shape index (κ2) is 9.04. The van der Waals surface area contributed by atoms with E-state index >= 15 is 0 Å². The van der Waals surface area contributed by atoms with E-state index in [1.165, 1.54) is 17.6 Å². The van der Waals surface area contributed by atoms with Crippen molar-refractivity contribution in [3.8, 4) is 10.4 Å². The molecule has 1 N–H and O–H groups in total. The third-order valence-electron chi connectivity index (χ3n) is 4.79. The first-order valence-electron chi connectivity index (χ1n) is 9.12. The summed E-state index contributed by atoms with van der Waals surface area (Å²) in [6, 6.07) is 10.3. The summed E-state index contributed by atoms with van der Waals surface area (Å²) < 4.78 is 9.93. The minimum absolute atomic E-state index is 0.195. The van der Waals surface area contributed by atoms with Gasteiger partial charge in [-0.3, -0.25) is 4.79 Å². The number of allylic oxidation sites excluding steroid dienone is 3. The Hall–Kier alpha value is -2.63. The van der Waals surface area contributed by atoms with E-state index in [9.17, 15) is 9.90 Å². The third kappa shape index (κ3) is 4.11. The quantitative estimate of drug-likeness (QED) is 0.749. The average Bonchev–Trinajstić information content (AvgIpc) is 3.36. The molecule has 1 atom stereocenters. The van der Waals surface area contributed by atoms with Crippen LogP contribution in [0.5, 0.6) is 0 Å². The number of fused-ring (bicyclic) bond motifs is 1. The van der Waals surface area contributed by atoms with Gasteiger partial charge in [-0.25, -0.2) is 0 Å². The molecule has 0 saturated heterocycles. The molecular formula is C23H24O4S. The summed E-state index contributed by atoms with van der Waals surface area (Å²) in [6.07, 6.45) is 6.39. The van der Waals surface area contributed by atoms with Crippen LogP contribution in [0.1, 0.15) is 29.3 Å². The number of carbonyl (C=O) groups is 1. The lowest BCUT2D eigenvalue weighted by atomic mass is 10.1. The Bertz CT molecular complexity index is 936. The minimum Gasteiger partial charge on any atom is -0.494 e.